The number of hydrogen-bond acceptors (Lipinski definition) is 3. The summed E-state index contributed by atoms with van der Waals surface area (Å²) in [4.78, 5) is 10.9. The Hall–Kier alpha value is -1.07. The van der Waals surface area contributed by atoms with Crippen molar-refractivity contribution >= 4 is 31.4 Å². The van der Waals surface area contributed by atoms with E-state index in [2.05, 4.69) is 4.72 Å². The number of Topliss-reactive ketones (excluding diaryl/α,β-unsaturated/α-hetero) is 1. The minimum atomic E-state index is -3.77. The van der Waals surface area contributed by atoms with Gasteiger partial charge in [0, 0.05) is 21.9 Å². The van der Waals surface area contributed by atoms with Crippen molar-refractivity contribution in [1.82, 2.24) is 0 Å². The second-order valence-electron chi connectivity index (χ2n) is 2.67. The summed E-state index contributed by atoms with van der Waals surface area (Å²) in [6.07, 6.45) is 0. The summed E-state index contributed by atoms with van der Waals surface area (Å²) >= 11 is 0. The Morgan fingerprint density at radius 3 is 2.14 bits per heavy atom. The van der Waals surface area contributed by atoms with Crippen LogP contribution in [0, 0.1) is 0 Å². The zero-order chi connectivity index (χ0) is 10.8. The minimum absolute atomic E-state index is 0.0784. The van der Waals surface area contributed by atoms with Gasteiger partial charge in [-0.1, -0.05) is 0 Å². The quantitative estimate of drug-likeness (QED) is 0.640. The summed E-state index contributed by atoms with van der Waals surface area (Å²) < 4.78 is 23.3. The van der Waals surface area contributed by atoms with E-state index in [1.54, 1.807) is 0 Å². The monoisotopic (exact) mass is 233 g/mol. The normalized spacial score (nSPS) is 11.0. The van der Waals surface area contributed by atoms with Crippen molar-refractivity contribution in [3.8, 4) is 0 Å². The molecule has 76 valence electrons. The lowest BCUT2D eigenvalue weighted by Crippen LogP contribution is -2.04. The van der Waals surface area contributed by atoms with Crippen LogP contribution >= 0.6 is 10.7 Å². The van der Waals surface area contributed by atoms with Crippen LogP contribution in [-0.2, 0) is 9.24 Å². The summed E-state index contributed by atoms with van der Waals surface area (Å²) in [5.74, 6) is -0.0784. The highest BCUT2D eigenvalue weighted by Gasteiger charge is 2.04. The molecular weight excluding hydrogens is 226 g/mol. The number of carbonyl (C=O) groups is 1. The average Bonchev–Trinajstić information content (AvgIpc) is 2.02. The van der Waals surface area contributed by atoms with Crippen LogP contribution in [-0.4, -0.2) is 14.2 Å². The number of nitrogens with one attached hydrogen (secondary N) is 1. The number of halogens is 1. The molecule has 1 aromatic rings. The average molecular weight is 234 g/mol. The first-order valence-electron chi connectivity index (χ1n) is 3.72. The Kier molecular flexibility index (Phi) is 3.13. The van der Waals surface area contributed by atoms with E-state index in [1.165, 1.54) is 31.2 Å². The van der Waals surface area contributed by atoms with Crippen LogP contribution < -0.4 is 4.72 Å². The third kappa shape index (κ3) is 3.35. The van der Waals surface area contributed by atoms with Gasteiger partial charge in [-0.3, -0.25) is 9.52 Å². The standard InChI is InChI=1S/C8H8ClNO3S/c1-6(11)7-2-4-8(5-3-7)10-14(9,12)13/h2-5,10H,1H3. The van der Waals surface area contributed by atoms with E-state index in [0.29, 0.717) is 11.3 Å². The Morgan fingerprint density at radius 1 is 1.29 bits per heavy atom. The molecule has 0 heterocycles. The fraction of sp³-hybridized carbons (Fsp3) is 0.125. The molecule has 0 atom stereocenters. The molecule has 0 radical (unpaired) electrons. The molecule has 0 aliphatic heterocycles. The van der Waals surface area contributed by atoms with Gasteiger partial charge >= 0.3 is 9.24 Å². The van der Waals surface area contributed by atoms with E-state index >= 15 is 0 Å². The van der Waals surface area contributed by atoms with Crippen molar-refractivity contribution in [3.05, 3.63) is 29.8 Å². The van der Waals surface area contributed by atoms with E-state index < -0.39 is 9.24 Å². The van der Waals surface area contributed by atoms with Crippen LogP contribution in [0.1, 0.15) is 17.3 Å². The van der Waals surface area contributed by atoms with E-state index in [9.17, 15) is 13.2 Å². The lowest BCUT2D eigenvalue weighted by Gasteiger charge is -2.01. The molecule has 4 nitrogen and oxygen atoms in total. The van der Waals surface area contributed by atoms with Crippen LogP contribution in [0.25, 0.3) is 0 Å². The maximum absolute atomic E-state index is 10.9. The SMILES string of the molecule is CC(=O)c1ccc(NS(=O)(=O)Cl)cc1. The highest BCUT2D eigenvalue weighted by Crippen LogP contribution is 2.12. The lowest BCUT2D eigenvalue weighted by atomic mass is 10.1. The predicted molar refractivity (Wildman–Crippen MR) is 54.8 cm³/mol. The second-order valence-corrected chi connectivity index (χ2v) is 4.97. The van der Waals surface area contributed by atoms with Gasteiger partial charge in [0.1, 0.15) is 0 Å². The number of carbonyl (C=O) groups excluding carboxylic acids is 1. The molecule has 1 N–H and O–H groups in total. The molecule has 0 fully saturated rings. The van der Waals surface area contributed by atoms with Crippen molar-refractivity contribution in [1.29, 1.82) is 0 Å². The third-order valence-corrected chi connectivity index (χ3v) is 2.24. The first kappa shape index (κ1) is 11.0. The van der Waals surface area contributed by atoms with Gasteiger partial charge in [-0.05, 0) is 31.2 Å². The minimum Gasteiger partial charge on any atom is -0.295 e. The number of anilines is 1. The van der Waals surface area contributed by atoms with Gasteiger partial charge in [0.15, 0.2) is 5.78 Å². The first-order valence-corrected chi connectivity index (χ1v) is 6.03. The van der Waals surface area contributed by atoms with E-state index in [-0.39, 0.29) is 5.78 Å². The van der Waals surface area contributed by atoms with E-state index in [0.717, 1.165) is 0 Å². The highest BCUT2D eigenvalue weighted by molar-refractivity contribution is 8.14. The maximum atomic E-state index is 10.9. The van der Waals surface area contributed by atoms with Crippen LogP contribution in [0.4, 0.5) is 5.69 Å². The zero-order valence-corrected chi connectivity index (χ0v) is 8.89. The van der Waals surface area contributed by atoms with Crippen molar-refractivity contribution in [2.45, 2.75) is 6.92 Å². The van der Waals surface area contributed by atoms with Gasteiger partial charge in [0.2, 0.25) is 0 Å². The fourth-order valence-electron chi connectivity index (χ4n) is 0.914. The molecular formula is C8H8ClNO3S. The zero-order valence-electron chi connectivity index (χ0n) is 7.32. The first-order chi connectivity index (χ1) is 6.38. The van der Waals surface area contributed by atoms with Gasteiger partial charge in [-0.15, -0.1) is 0 Å². The molecule has 0 aliphatic rings. The highest BCUT2D eigenvalue weighted by atomic mass is 35.7. The summed E-state index contributed by atoms with van der Waals surface area (Å²) in [6.45, 7) is 1.43. The molecule has 6 heteroatoms. The molecule has 0 unspecified atom stereocenters. The molecule has 0 amide bonds. The maximum Gasteiger partial charge on any atom is 0.319 e. The molecule has 0 saturated heterocycles. The van der Waals surface area contributed by atoms with Gasteiger partial charge < -0.3 is 0 Å². The Labute approximate surface area is 86.4 Å². The molecule has 1 aromatic carbocycles. The predicted octanol–water partition coefficient (Wildman–Crippen LogP) is 1.78. The van der Waals surface area contributed by atoms with Crippen LogP contribution in [0.15, 0.2) is 24.3 Å². The third-order valence-electron chi connectivity index (χ3n) is 1.53. The Morgan fingerprint density at radius 2 is 1.79 bits per heavy atom. The Bertz CT molecular complexity index is 438. The topological polar surface area (TPSA) is 63.2 Å². The summed E-state index contributed by atoms with van der Waals surface area (Å²) in [7, 11) is 1.19. The van der Waals surface area contributed by atoms with Crippen molar-refractivity contribution < 1.29 is 13.2 Å². The van der Waals surface area contributed by atoms with E-state index in [4.69, 9.17) is 10.7 Å². The summed E-state index contributed by atoms with van der Waals surface area (Å²) in [6, 6.07) is 5.98. The number of rotatable bonds is 3. The molecule has 1 rings (SSSR count). The fourth-order valence-corrected chi connectivity index (χ4v) is 1.60. The van der Waals surface area contributed by atoms with Crippen LogP contribution in [0.5, 0.6) is 0 Å². The lowest BCUT2D eigenvalue weighted by molar-refractivity contribution is 0.101. The van der Waals surface area contributed by atoms with Crippen molar-refractivity contribution in [3.63, 3.8) is 0 Å². The number of benzene rings is 1. The number of ketones is 1. The summed E-state index contributed by atoms with van der Waals surface area (Å²) in [5.41, 5.74) is 0.840. The van der Waals surface area contributed by atoms with Gasteiger partial charge in [-0.25, -0.2) is 0 Å². The largest absolute Gasteiger partial charge is 0.319 e. The number of hydrogen-bond donors (Lipinski definition) is 1. The summed E-state index contributed by atoms with van der Waals surface area (Å²) in [5, 5.41) is 0. The molecule has 0 spiro atoms. The molecule has 14 heavy (non-hydrogen) atoms. The molecule has 0 aromatic heterocycles. The van der Waals surface area contributed by atoms with Crippen molar-refractivity contribution in [2.24, 2.45) is 0 Å². The molecule has 0 saturated carbocycles. The van der Waals surface area contributed by atoms with Gasteiger partial charge in [0.05, 0.1) is 0 Å². The molecule has 0 aliphatic carbocycles. The van der Waals surface area contributed by atoms with Gasteiger partial charge in [-0.2, -0.15) is 8.42 Å². The smallest absolute Gasteiger partial charge is 0.295 e. The molecule has 0 bridgehead atoms. The van der Waals surface area contributed by atoms with Crippen molar-refractivity contribution in [2.75, 3.05) is 4.72 Å². The Balaban J connectivity index is 2.90. The van der Waals surface area contributed by atoms with E-state index in [1.807, 2.05) is 0 Å². The van der Waals surface area contributed by atoms with Gasteiger partial charge in [0.25, 0.3) is 0 Å². The second kappa shape index (κ2) is 3.98. The van der Waals surface area contributed by atoms with Crippen LogP contribution in [0.3, 0.4) is 0 Å². The van der Waals surface area contributed by atoms with Crippen LogP contribution in [0.2, 0.25) is 0 Å².